The molecule has 126 valence electrons. The lowest BCUT2D eigenvalue weighted by molar-refractivity contribution is -0.119. The van der Waals surface area contributed by atoms with Crippen molar-refractivity contribution in [3.8, 4) is 0 Å². The third-order valence-electron chi connectivity index (χ3n) is 5.59. The van der Waals surface area contributed by atoms with Gasteiger partial charge in [0.05, 0.1) is 0 Å². The lowest BCUT2D eigenvalue weighted by Crippen LogP contribution is -2.33. The number of piperidine rings is 1. The normalized spacial score (nSPS) is 21.1. The zero-order valence-corrected chi connectivity index (χ0v) is 15.0. The van der Waals surface area contributed by atoms with Gasteiger partial charge in [0.1, 0.15) is 5.78 Å². The third-order valence-corrected chi connectivity index (χ3v) is 6.81. The molecule has 0 N–H and O–H groups in total. The molecule has 1 atom stereocenters. The summed E-state index contributed by atoms with van der Waals surface area (Å²) in [6, 6.07) is 6.20. The molecule has 1 aliphatic carbocycles. The molecule has 0 bridgehead atoms. The number of Topliss-reactive ketones (excluding diaryl/α,β-unsaturated/α-hetero) is 1. The second kappa shape index (κ2) is 6.32. The van der Waals surface area contributed by atoms with Gasteiger partial charge in [-0.2, -0.15) is 0 Å². The number of hydrogen-bond donors (Lipinski definition) is 0. The van der Waals surface area contributed by atoms with Gasteiger partial charge in [-0.1, -0.05) is 13.3 Å². The van der Waals surface area contributed by atoms with Gasteiger partial charge in [-0.25, -0.2) is 0 Å². The van der Waals surface area contributed by atoms with Gasteiger partial charge >= 0.3 is 0 Å². The summed E-state index contributed by atoms with van der Waals surface area (Å²) in [6.07, 6.45) is 5.61. The van der Waals surface area contributed by atoms with Crippen LogP contribution in [0, 0.1) is 5.92 Å². The Morgan fingerprint density at radius 3 is 2.71 bits per heavy atom. The second-order valence-electron chi connectivity index (χ2n) is 7.06. The first-order valence-corrected chi connectivity index (χ1v) is 9.82. The molecule has 3 nitrogen and oxygen atoms in total. The fourth-order valence-corrected chi connectivity index (χ4v) is 5.31. The average molecular weight is 341 g/mol. The van der Waals surface area contributed by atoms with Crippen molar-refractivity contribution < 1.29 is 4.79 Å². The van der Waals surface area contributed by atoms with Gasteiger partial charge < -0.3 is 4.90 Å². The molecule has 0 saturated carbocycles. The Morgan fingerprint density at radius 2 is 1.96 bits per heavy atom. The molecule has 2 aliphatic rings. The van der Waals surface area contributed by atoms with E-state index in [0.29, 0.717) is 18.6 Å². The minimum atomic E-state index is 0.244. The van der Waals surface area contributed by atoms with E-state index in [1.807, 2.05) is 17.4 Å². The summed E-state index contributed by atoms with van der Waals surface area (Å²) in [5, 5.41) is 0.866. The van der Waals surface area contributed by atoms with E-state index in [0.717, 1.165) is 59.6 Å². The van der Waals surface area contributed by atoms with Gasteiger partial charge in [0.25, 0.3) is 0 Å². The summed E-state index contributed by atoms with van der Waals surface area (Å²) in [5.41, 5.74) is 2.45. The standard InChI is InChI=1S/C20H23NO2S/c1-2-13-3-5-16-18(11-13)24-19-12-14(4-6-17(19)20(16)23)21-9-7-15(22)8-10-21/h4,6,12-13H,2-3,5,7-11H2,1H3. The van der Waals surface area contributed by atoms with Crippen molar-refractivity contribution >= 4 is 32.9 Å². The number of carbonyl (C=O) groups excluding carboxylic acids is 1. The number of ketones is 1. The van der Waals surface area contributed by atoms with Gasteiger partial charge in [0, 0.05) is 52.1 Å². The summed E-state index contributed by atoms with van der Waals surface area (Å²) >= 11 is 1.81. The number of rotatable bonds is 2. The minimum Gasteiger partial charge on any atom is -0.371 e. The summed E-state index contributed by atoms with van der Waals surface area (Å²) in [7, 11) is 0. The zero-order chi connectivity index (χ0) is 16.7. The van der Waals surface area contributed by atoms with Crippen LogP contribution in [0.4, 0.5) is 5.69 Å². The number of hydrogen-bond acceptors (Lipinski definition) is 4. The summed E-state index contributed by atoms with van der Waals surface area (Å²) in [4.78, 5) is 27.9. The Morgan fingerprint density at radius 1 is 1.17 bits per heavy atom. The van der Waals surface area contributed by atoms with Gasteiger partial charge in [0.15, 0.2) is 5.43 Å². The van der Waals surface area contributed by atoms with Crippen LogP contribution in [0.5, 0.6) is 0 Å². The Kier molecular flexibility index (Phi) is 4.17. The van der Waals surface area contributed by atoms with E-state index in [9.17, 15) is 9.59 Å². The lowest BCUT2D eigenvalue weighted by Gasteiger charge is -2.28. The van der Waals surface area contributed by atoms with E-state index in [4.69, 9.17) is 0 Å². The van der Waals surface area contributed by atoms with E-state index in [1.165, 1.54) is 11.3 Å². The molecule has 0 amide bonds. The van der Waals surface area contributed by atoms with E-state index < -0.39 is 0 Å². The molecule has 1 aliphatic heterocycles. The van der Waals surface area contributed by atoms with Crippen molar-refractivity contribution in [2.75, 3.05) is 18.0 Å². The Balaban J connectivity index is 1.74. The van der Waals surface area contributed by atoms with Crippen molar-refractivity contribution in [2.45, 2.75) is 45.4 Å². The molecule has 24 heavy (non-hydrogen) atoms. The molecule has 1 aromatic carbocycles. The van der Waals surface area contributed by atoms with Crippen molar-refractivity contribution in [3.05, 3.63) is 38.9 Å². The topological polar surface area (TPSA) is 37.4 Å². The van der Waals surface area contributed by atoms with Crippen LogP contribution in [0.1, 0.15) is 43.0 Å². The summed E-state index contributed by atoms with van der Waals surface area (Å²) < 4.78 is 1.10. The first-order valence-electron chi connectivity index (χ1n) is 9.01. The first kappa shape index (κ1) is 15.8. The lowest BCUT2D eigenvalue weighted by atomic mass is 9.87. The number of fused-ring (bicyclic) bond motifs is 2. The van der Waals surface area contributed by atoms with Crippen LogP contribution < -0.4 is 10.3 Å². The largest absolute Gasteiger partial charge is 0.371 e. The predicted octanol–water partition coefficient (Wildman–Crippen LogP) is 3.95. The molecule has 0 radical (unpaired) electrons. The van der Waals surface area contributed by atoms with E-state index in [1.54, 1.807) is 0 Å². The Hall–Kier alpha value is -1.68. The highest BCUT2D eigenvalue weighted by Gasteiger charge is 2.22. The Labute approximate surface area is 146 Å². The molecule has 0 spiro atoms. The molecule has 2 heterocycles. The molecule has 4 rings (SSSR count). The smallest absolute Gasteiger partial charge is 0.191 e. The monoisotopic (exact) mass is 341 g/mol. The van der Waals surface area contributed by atoms with Crippen LogP contribution in [0.15, 0.2) is 23.0 Å². The van der Waals surface area contributed by atoms with Gasteiger partial charge in [-0.3, -0.25) is 9.59 Å². The SMILES string of the molecule is CCC1CCc2c(sc3cc(N4CCC(=O)CC4)ccc3c2=O)C1. The van der Waals surface area contributed by atoms with Gasteiger partial charge in [-0.15, -0.1) is 11.3 Å². The Bertz CT molecular complexity index is 845. The van der Waals surface area contributed by atoms with Crippen LogP contribution in [0.3, 0.4) is 0 Å². The fraction of sp³-hybridized carbons (Fsp3) is 0.500. The van der Waals surface area contributed by atoms with Crippen LogP contribution in [0.2, 0.25) is 0 Å². The summed E-state index contributed by atoms with van der Waals surface area (Å²) in [6.45, 7) is 3.83. The third kappa shape index (κ3) is 2.77. The highest BCUT2D eigenvalue weighted by Crippen LogP contribution is 2.33. The molecule has 2 aromatic rings. The molecule has 1 saturated heterocycles. The average Bonchev–Trinajstić information content (AvgIpc) is 2.61. The van der Waals surface area contributed by atoms with Crippen LogP contribution in [-0.2, 0) is 17.6 Å². The second-order valence-corrected chi connectivity index (χ2v) is 8.19. The molecule has 1 unspecified atom stereocenters. The van der Waals surface area contributed by atoms with Crippen molar-refractivity contribution in [1.29, 1.82) is 0 Å². The highest BCUT2D eigenvalue weighted by molar-refractivity contribution is 7.18. The maximum absolute atomic E-state index is 12.8. The van der Waals surface area contributed by atoms with Gasteiger partial charge in [-0.05, 0) is 43.4 Å². The number of carbonyl (C=O) groups is 1. The molecule has 4 heteroatoms. The number of benzene rings is 1. The first-order chi connectivity index (χ1) is 11.7. The number of anilines is 1. The summed E-state index contributed by atoms with van der Waals surface area (Å²) in [5.74, 6) is 1.08. The zero-order valence-electron chi connectivity index (χ0n) is 14.1. The van der Waals surface area contributed by atoms with Crippen LogP contribution in [0.25, 0.3) is 10.1 Å². The molecular weight excluding hydrogens is 318 g/mol. The predicted molar refractivity (Wildman–Crippen MR) is 100 cm³/mol. The van der Waals surface area contributed by atoms with Crippen molar-refractivity contribution in [3.63, 3.8) is 0 Å². The quantitative estimate of drug-likeness (QED) is 0.830. The van der Waals surface area contributed by atoms with E-state index >= 15 is 0 Å². The van der Waals surface area contributed by atoms with Crippen LogP contribution in [-0.4, -0.2) is 18.9 Å². The maximum atomic E-state index is 12.8. The maximum Gasteiger partial charge on any atom is 0.191 e. The minimum absolute atomic E-state index is 0.244. The van der Waals surface area contributed by atoms with Crippen molar-refractivity contribution in [1.82, 2.24) is 0 Å². The molecule has 1 aromatic heterocycles. The fourth-order valence-electron chi connectivity index (χ4n) is 3.96. The van der Waals surface area contributed by atoms with Crippen LogP contribution >= 0.6 is 11.3 Å². The van der Waals surface area contributed by atoms with E-state index in [2.05, 4.69) is 24.0 Å². The van der Waals surface area contributed by atoms with E-state index in [-0.39, 0.29) is 5.43 Å². The van der Waals surface area contributed by atoms with Gasteiger partial charge in [0.2, 0.25) is 0 Å². The highest BCUT2D eigenvalue weighted by atomic mass is 32.1. The van der Waals surface area contributed by atoms with Crippen molar-refractivity contribution in [2.24, 2.45) is 5.92 Å². The molecule has 1 fully saturated rings. The number of nitrogens with zero attached hydrogens (tertiary/aromatic N) is 1. The molecular formula is C20H23NO2S.